The van der Waals surface area contributed by atoms with Crippen molar-refractivity contribution in [2.45, 2.75) is 12.7 Å². The van der Waals surface area contributed by atoms with Gasteiger partial charge in [-0.3, -0.25) is 14.3 Å². The minimum Gasteiger partial charge on any atom is -0.372 e. The van der Waals surface area contributed by atoms with E-state index < -0.39 is 17.4 Å². The molecular weight excluding hydrogens is 273 g/mol. The highest BCUT2D eigenvalue weighted by atomic mass is 19.4. The molecule has 2 aromatic heterocycles. The van der Waals surface area contributed by atoms with Crippen molar-refractivity contribution in [2.75, 3.05) is 12.4 Å². The summed E-state index contributed by atoms with van der Waals surface area (Å²) in [5.74, 6) is 0.491. The summed E-state index contributed by atoms with van der Waals surface area (Å²) in [7, 11) is 1.65. The molecule has 0 bridgehead atoms. The molecule has 0 aliphatic carbocycles. The average Bonchev–Trinajstić information content (AvgIpc) is 2.40. The molecule has 2 heterocycles. The van der Waals surface area contributed by atoms with Crippen LogP contribution in [0.3, 0.4) is 0 Å². The van der Waals surface area contributed by atoms with Crippen LogP contribution >= 0.6 is 0 Å². The molecule has 0 amide bonds. The van der Waals surface area contributed by atoms with Crippen LogP contribution in [-0.2, 0) is 12.7 Å². The van der Waals surface area contributed by atoms with Gasteiger partial charge in [0.25, 0.3) is 5.56 Å². The molecule has 0 unspecified atom stereocenters. The summed E-state index contributed by atoms with van der Waals surface area (Å²) in [6.45, 7) is -0.286. The van der Waals surface area contributed by atoms with Crippen molar-refractivity contribution in [1.82, 2.24) is 14.5 Å². The van der Waals surface area contributed by atoms with Crippen molar-refractivity contribution < 1.29 is 13.2 Å². The number of alkyl halides is 3. The number of pyridine rings is 1. The van der Waals surface area contributed by atoms with Gasteiger partial charge in [-0.05, 0) is 6.07 Å². The lowest BCUT2D eigenvalue weighted by atomic mass is 10.3. The summed E-state index contributed by atoms with van der Waals surface area (Å²) in [4.78, 5) is 19.5. The second-order valence-corrected chi connectivity index (χ2v) is 3.98. The molecule has 2 rings (SSSR count). The number of aromatic nitrogens is 3. The van der Waals surface area contributed by atoms with E-state index in [-0.39, 0.29) is 12.2 Å². The fraction of sp³-hybridized carbons (Fsp3) is 0.250. The third-order valence-corrected chi connectivity index (χ3v) is 2.62. The van der Waals surface area contributed by atoms with Crippen molar-refractivity contribution in [2.24, 2.45) is 0 Å². The summed E-state index contributed by atoms with van der Waals surface area (Å²) in [6, 6.07) is 3.01. The number of nitrogens with one attached hydrogen (secondary N) is 1. The van der Waals surface area contributed by atoms with Crippen molar-refractivity contribution in [3.8, 4) is 0 Å². The summed E-state index contributed by atoms with van der Waals surface area (Å²) in [5.41, 5.74) is -1.48. The van der Waals surface area contributed by atoms with E-state index in [0.717, 1.165) is 18.2 Å². The first-order valence-electron chi connectivity index (χ1n) is 5.67. The van der Waals surface area contributed by atoms with Crippen LogP contribution in [0.4, 0.5) is 19.0 Å². The van der Waals surface area contributed by atoms with E-state index in [0.29, 0.717) is 10.4 Å². The minimum absolute atomic E-state index is 0.266. The first kappa shape index (κ1) is 14.0. The van der Waals surface area contributed by atoms with Gasteiger partial charge >= 0.3 is 6.18 Å². The van der Waals surface area contributed by atoms with Crippen molar-refractivity contribution in [1.29, 1.82) is 0 Å². The zero-order valence-electron chi connectivity index (χ0n) is 10.5. The van der Waals surface area contributed by atoms with E-state index >= 15 is 0 Å². The Balaban J connectivity index is 2.40. The third-order valence-electron chi connectivity index (χ3n) is 2.62. The highest BCUT2D eigenvalue weighted by Crippen LogP contribution is 2.28. The van der Waals surface area contributed by atoms with Crippen LogP contribution in [0.15, 0.2) is 35.4 Å². The Bertz CT molecular complexity index is 649. The van der Waals surface area contributed by atoms with E-state index in [9.17, 15) is 18.0 Å². The van der Waals surface area contributed by atoms with E-state index in [1.165, 1.54) is 12.4 Å². The van der Waals surface area contributed by atoms with Crippen LogP contribution in [-0.4, -0.2) is 21.6 Å². The van der Waals surface area contributed by atoms with E-state index in [4.69, 9.17) is 0 Å². The van der Waals surface area contributed by atoms with Crippen molar-refractivity contribution >= 4 is 5.82 Å². The molecule has 2 aromatic rings. The molecule has 8 heteroatoms. The van der Waals surface area contributed by atoms with Gasteiger partial charge in [-0.2, -0.15) is 13.2 Å². The van der Waals surface area contributed by atoms with Gasteiger partial charge in [-0.1, -0.05) is 6.07 Å². The summed E-state index contributed by atoms with van der Waals surface area (Å²) < 4.78 is 39.2. The SMILES string of the molecule is CNc1cnc(Cn2c(C(F)(F)F)cccc2=O)cn1. The molecule has 5 nitrogen and oxygen atoms in total. The van der Waals surface area contributed by atoms with Crippen LogP contribution in [0.5, 0.6) is 0 Å². The predicted octanol–water partition coefficient (Wildman–Crippen LogP) is 1.75. The molecule has 0 aliphatic heterocycles. The van der Waals surface area contributed by atoms with Gasteiger partial charge < -0.3 is 5.32 Å². The van der Waals surface area contributed by atoms with Gasteiger partial charge in [0.2, 0.25) is 0 Å². The Hall–Kier alpha value is -2.38. The fourth-order valence-corrected chi connectivity index (χ4v) is 1.66. The maximum Gasteiger partial charge on any atom is 0.431 e. The van der Waals surface area contributed by atoms with Gasteiger partial charge in [0.05, 0.1) is 24.6 Å². The van der Waals surface area contributed by atoms with Crippen LogP contribution < -0.4 is 10.9 Å². The lowest BCUT2D eigenvalue weighted by Gasteiger charge is -2.14. The molecule has 0 spiro atoms. The molecule has 0 fully saturated rings. The van der Waals surface area contributed by atoms with Gasteiger partial charge in [0.15, 0.2) is 0 Å². The lowest BCUT2D eigenvalue weighted by molar-refractivity contribution is -0.144. The summed E-state index contributed by atoms with van der Waals surface area (Å²) >= 11 is 0. The Morgan fingerprint density at radius 3 is 2.55 bits per heavy atom. The summed E-state index contributed by atoms with van der Waals surface area (Å²) in [6.07, 6.45) is -1.89. The smallest absolute Gasteiger partial charge is 0.372 e. The largest absolute Gasteiger partial charge is 0.431 e. The topological polar surface area (TPSA) is 59.8 Å². The second-order valence-electron chi connectivity index (χ2n) is 3.98. The fourth-order valence-electron chi connectivity index (χ4n) is 1.66. The van der Waals surface area contributed by atoms with Crippen LogP contribution in [0.25, 0.3) is 0 Å². The van der Waals surface area contributed by atoms with Gasteiger partial charge in [-0.15, -0.1) is 0 Å². The number of rotatable bonds is 3. The highest BCUT2D eigenvalue weighted by Gasteiger charge is 2.34. The lowest BCUT2D eigenvalue weighted by Crippen LogP contribution is -2.27. The molecule has 0 radical (unpaired) electrons. The zero-order chi connectivity index (χ0) is 14.8. The Morgan fingerprint density at radius 2 is 2.00 bits per heavy atom. The van der Waals surface area contributed by atoms with E-state index in [2.05, 4.69) is 15.3 Å². The third kappa shape index (κ3) is 2.95. The number of halogens is 3. The molecule has 0 saturated heterocycles. The molecule has 20 heavy (non-hydrogen) atoms. The average molecular weight is 284 g/mol. The maximum atomic E-state index is 12.8. The normalized spacial score (nSPS) is 11.4. The van der Waals surface area contributed by atoms with Crippen LogP contribution in [0.1, 0.15) is 11.4 Å². The number of anilines is 1. The molecule has 0 aromatic carbocycles. The monoisotopic (exact) mass is 284 g/mol. The highest BCUT2D eigenvalue weighted by molar-refractivity contribution is 5.29. The predicted molar refractivity (Wildman–Crippen MR) is 66.4 cm³/mol. The molecular formula is C12H11F3N4O. The number of hydrogen-bond donors (Lipinski definition) is 1. The van der Waals surface area contributed by atoms with Gasteiger partial charge in [0.1, 0.15) is 11.5 Å². The Labute approximate surface area is 112 Å². The number of nitrogens with zero attached hydrogens (tertiary/aromatic N) is 3. The van der Waals surface area contributed by atoms with Crippen LogP contribution in [0.2, 0.25) is 0 Å². The first-order chi connectivity index (χ1) is 9.41. The van der Waals surface area contributed by atoms with E-state index in [1.807, 2.05) is 0 Å². The molecule has 0 atom stereocenters. The summed E-state index contributed by atoms with van der Waals surface area (Å²) in [5, 5.41) is 2.74. The standard InChI is InChI=1S/C12H11F3N4O/c1-16-10-6-17-8(5-18-10)7-19-9(12(13,14)15)3-2-4-11(19)20/h2-6H,7H2,1H3,(H,16,18). The van der Waals surface area contributed by atoms with Crippen molar-refractivity contribution in [3.63, 3.8) is 0 Å². The van der Waals surface area contributed by atoms with Gasteiger partial charge in [0, 0.05) is 13.1 Å². The second kappa shape index (κ2) is 5.32. The Kier molecular flexibility index (Phi) is 3.73. The maximum absolute atomic E-state index is 12.8. The van der Waals surface area contributed by atoms with Gasteiger partial charge in [-0.25, -0.2) is 4.98 Å². The molecule has 0 saturated carbocycles. The minimum atomic E-state index is -4.60. The van der Waals surface area contributed by atoms with Crippen LogP contribution in [0, 0.1) is 0 Å². The molecule has 1 N–H and O–H groups in total. The Morgan fingerprint density at radius 1 is 1.25 bits per heavy atom. The molecule has 106 valence electrons. The van der Waals surface area contributed by atoms with E-state index in [1.54, 1.807) is 7.05 Å². The quantitative estimate of drug-likeness (QED) is 0.932. The number of hydrogen-bond acceptors (Lipinski definition) is 4. The van der Waals surface area contributed by atoms with Crippen molar-refractivity contribution in [3.05, 3.63) is 52.3 Å². The first-order valence-corrected chi connectivity index (χ1v) is 5.67. The zero-order valence-corrected chi connectivity index (χ0v) is 10.5. The molecule has 0 aliphatic rings.